The molecule has 0 aliphatic carbocycles. The quantitative estimate of drug-likeness (QED) is 0.686. The Hall–Kier alpha value is -0.810. The third-order valence-corrected chi connectivity index (χ3v) is 2.51. The number of anilines is 1. The van der Waals surface area contributed by atoms with Gasteiger partial charge < -0.3 is 5.11 Å². The van der Waals surface area contributed by atoms with E-state index in [9.17, 15) is 4.79 Å². The van der Waals surface area contributed by atoms with Gasteiger partial charge in [-0.25, -0.2) is 9.78 Å². The van der Waals surface area contributed by atoms with Crippen LogP contribution in [-0.4, -0.2) is 28.6 Å². The second-order valence-electron chi connectivity index (χ2n) is 2.82. The molecule has 6 heteroatoms. The van der Waals surface area contributed by atoms with E-state index in [4.69, 9.17) is 16.7 Å². The number of rotatable bonds is 4. The van der Waals surface area contributed by atoms with Crippen LogP contribution in [0, 0.1) is 0 Å². The molecule has 1 rings (SSSR count). The van der Waals surface area contributed by atoms with Crippen LogP contribution in [-0.2, 0) is 0 Å². The van der Waals surface area contributed by atoms with E-state index >= 15 is 0 Å². The first-order valence-electron chi connectivity index (χ1n) is 4.33. The number of hydrogen-bond acceptors (Lipinski definition) is 2. The van der Waals surface area contributed by atoms with Gasteiger partial charge in [-0.2, -0.15) is 0 Å². The minimum atomic E-state index is -0.996. The Labute approximate surface area is 101 Å². The average Bonchev–Trinajstić information content (AvgIpc) is 2.21. The molecule has 0 aliphatic heterocycles. The molecule has 1 aromatic heterocycles. The number of aromatic nitrogens is 1. The zero-order chi connectivity index (χ0) is 11.3. The smallest absolute Gasteiger partial charge is 0.411 e. The Bertz CT molecular complexity index is 331. The summed E-state index contributed by atoms with van der Waals surface area (Å²) in [5, 5.41) is 8.97. The Kier molecular flexibility index (Phi) is 4.84. The van der Waals surface area contributed by atoms with Crippen molar-refractivity contribution in [3.8, 4) is 0 Å². The second kappa shape index (κ2) is 5.92. The summed E-state index contributed by atoms with van der Waals surface area (Å²) in [7, 11) is 0. The zero-order valence-corrected chi connectivity index (χ0v) is 10.2. The molecule has 0 atom stereocenters. The standard InChI is InChI=1S/C9H10BrClN2O2/c10-8-3-2-7(6-12-8)13(9(14)15)5-1-4-11/h2-3,6H,1,4-5H2,(H,14,15). The molecule has 0 fully saturated rings. The van der Waals surface area contributed by atoms with Crippen LogP contribution in [0.5, 0.6) is 0 Å². The largest absolute Gasteiger partial charge is 0.465 e. The Morgan fingerprint density at radius 2 is 2.33 bits per heavy atom. The fraction of sp³-hybridized carbons (Fsp3) is 0.333. The number of alkyl halides is 1. The van der Waals surface area contributed by atoms with E-state index in [0.29, 0.717) is 29.1 Å². The number of nitrogens with zero attached hydrogens (tertiary/aromatic N) is 2. The highest BCUT2D eigenvalue weighted by atomic mass is 79.9. The van der Waals surface area contributed by atoms with Gasteiger partial charge in [-0.15, -0.1) is 11.6 Å². The fourth-order valence-electron chi connectivity index (χ4n) is 1.08. The highest BCUT2D eigenvalue weighted by Gasteiger charge is 2.13. The average molecular weight is 294 g/mol. The van der Waals surface area contributed by atoms with Crippen LogP contribution in [0.3, 0.4) is 0 Å². The van der Waals surface area contributed by atoms with Crippen LogP contribution in [0.1, 0.15) is 6.42 Å². The van der Waals surface area contributed by atoms with E-state index in [2.05, 4.69) is 20.9 Å². The van der Waals surface area contributed by atoms with Crippen LogP contribution < -0.4 is 4.90 Å². The van der Waals surface area contributed by atoms with Crippen molar-refractivity contribution in [2.75, 3.05) is 17.3 Å². The summed E-state index contributed by atoms with van der Waals surface area (Å²) in [5.41, 5.74) is 0.552. The van der Waals surface area contributed by atoms with Crippen molar-refractivity contribution in [2.45, 2.75) is 6.42 Å². The molecule has 0 saturated heterocycles. The minimum Gasteiger partial charge on any atom is -0.465 e. The third-order valence-electron chi connectivity index (χ3n) is 1.77. The maximum absolute atomic E-state index is 10.9. The first-order chi connectivity index (χ1) is 7.15. The van der Waals surface area contributed by atoms with Gasteiger partial charge >= 0.3 is 6.09 Å². The van der Waals surface area contributed by atoms with E-state index in [1.54, 1.807) is 12.1 Å². The van der Waals surface area contributed by atoms with Crippen LogP contribution >= 0.6 is 27.5 Å². The van der Waals surface area contributed by atoms with Crippen molar-refractivity contribution in [3.63, 3.8) is 0 Å². The lowest BCUT2D eigenvalue weighted by molar-refractivity contribution is 0.202. The zero-order valence-electron chi connectivity index (χ0n) is 7.86. The minimum absolute atomic E-state index is 0.377. The Balaban J connectivity index is 2.79. The molecule has 4 nitrogen and oxygen atoms in total. The molecule has 82 valence electrons. The summed E-state index contributed by atoms with van der Waals surface area (Å²) < 4.78 is 0.675. The van der Waals surface area contributed by atoms with E-state index < -0.39 is 6.09 Å². The molecule has 1 aromatic rings. The molecule has 0 bridgehead atoms. The summed E-state index contributed by atoms with van der Waals surface area (Å²) in [5.74, 6) is 0.438. The van der Waals surface area contributed by atoms with Gasteiger partial charge in [-0.1, -0.05) is 0 Å². The van der Waals surface area contributed by atoms with E-state index in [-0.39, 0.29) is 0 Å². The van der Waals surface area contributed by atoms with Crippen molar-refractivity contribution in [1.29, 1.82) is 0 Å². The highest BCUT2D eigenvalue weighted by molar-refractivity contribution is 9.10. The topological polar surface area (TPSA) is 53.4 Å². The molecule has 0 radical (unpaired) electrons. The molecule has 0 unspecified atom stereocenters. The monoisotopic (exact) mass is 292 g/mol. The van der Waals surface area contributed by atoms with Crippen molar-refractivity contribution < 1.29 is 9.90 Å². The van der Waals surface area contributed by atoms with Gasteiger partial charge in [0.15, 0.2) is 0 Å². The number of carboxylic acid groups (broad SMARTS) is 1. The Morgan fingerprint density at radius 1 is 1.60 bits per heavy atom. The van der Waals surface area contributed by atoms with Gasteiger partial charge in [0.05, 0.1) is 11.9 Å². The molecule has 0 aliphatic rings. The summed E-state index contributed by atoms with van der Waals surface area (Å²) in [6, 6.07) is 3.39. The number of halogens is 2. The number of pyridine rings is 1. The normalized spacial score (nSPS) is 10.0. The van der Waals surface area contributed by atoms with Crippen LogP contribution in [0.25, 0.3) is 0 Å². The van der Waals surface area contributed by atoms with Crippen molar-refractivity contribution in [3.05, 3.63) is 22.9 Å². The van der Waals surface area contributed by atoms with Crippen molar-refractivity contribution in [2.24, 2.45) is 0 Å². The number of amides is 1. The van der Waals surface area contributed by atoms with Crippen molar-refractivity contribution >= 4 is 39.3 Å². The first-order valence-corrected chi connectivity index (χ1v) is 5.66. The molecule has 0 spiro atoms. The van der Waals surface area contributed by atoms with Gasteiger partial charge in [-0.3, -0.25) is 4.90 Å². The summed E-state index contributed by atoms with van der Waals surface area (Å²) in [6.45, 7) is 0.377. The molecular formula is C9H10BrClN2O2. The third kappa shape index (κ3) is 3.68. The molecule has 0 saturated carbocycles. The Morgan fingerprint density at radius 3 is 2.80 bits per heavy atom. The molecule has 1 N–H and O–H groups in total. The van der Waals surface area contributed by atoms with E-state index in [1.165, 1.54) is 11.1 Å². The lowest BCUT2D eigenvalue weighted by atomic mass is 10.3. The maximum atomic E-state index is 10.9. The molecule has 1 amide bonds. The lowest BCUT2D eigenvalue weighted by Crippen LogP contribution is -2.30. The predicted octanol–water partition coefficient (Wildman–Crippen LogP) is 2.96. The maximum Gasteiger partial charge on any atom is 0.411 e. The van der Waals surface area contributed by atoms with E-state index in [1.807, 2.05) is 0 Å². The molecule has 0 aromatic carbocycles. The van der Waals surface area contributed by atoms with E-state index in [0.717, 1.165) is 0 Å². The van der Waals surface area contributed by atoms with Crippen LogP contribution in [0.2, 0.25) is 0 Å². The lowest BCUT2D eigenvalue weighted by Gasteiger charge is -2.18. The van der Waals surface area contributed by atoms with Crippen molar-refractivity contribution in [1.82, 2.24) is 4.98 Å². The number of carbonyl (C=O) groups is 1. The molecule has 15 heavy (non-hydrogen) atoms. The van der Waals surface area contributed by atoms with Gasteiger partial charge in [0, 0.05) is 12.4 Å². The van der Waals surface area contributed by atoms with Gasteiger partial charge in [-0.05, 0) is 34.5 Å². The highest BCUT2D eigenvalue weighted by Crippen LogP contribution is 2.16. The second-order valence-corrected chi connectivity index (χ2v) is 4.01. The predicted molar refractivity (Wildman–Crippen MR) is 62.6 cm³/mol. The summed E-state index contributed by atoms with van der Waals surface area (Å²) >= 11 is 8.71. The van der Waals surface area contributed by atoms with Gasteiger partial charge in [0.2, 0.25) is 0 Å². The summed E-state index contributed by atoms with van der Waals surface area (Å²) in [6.07, 6.45) is 1.13. The fourth-order valence-corrected chi connectivity index (χ4v) is 1.43. The van der Waals surface area contributed by atoms with Crippen LogP contribution in [0.4, 0.5) is 10.5 Å². The first kappa shape index (κ1) is 12.3. The summed E-state index contributed by atoms with van der Waals surface area (Å²) in [4.78, 5) is 16.1. The van der Waals surface area contributed by atoms with Gasteiger partial charge in [0.1, 0.15) is 4.60 Å². The molecule has 1 heterocycles. The SMILES string of the molecule is O=C(O)N(CCCCl)c1ccc(Br)nc1. The van der Waals surface area contributed by atoms with Gasteiger partial charge in [0.25, 0.3) is 0 Å². The van der Waals surface area contributed by atoms with Crippen LogP contribution in [0.15, 0.2) is 22.9 Å². The molecular weight excluding hydrogens is 283 g/mol. The number of hydrogen-bond donors (Lipinski definition) is 1.